The van der Waals surface area contributed by atoms with Gasteiger partial charge in [-0.15, -0.1) is 0 Å². The Balaban J connectivity index is 1.91. The summed E-state index contributed by atoms with van der Waals surface area (Å²) in [6, 6.07) is 14.7. The van der Waals surface area contributed by atoms with Gasteiger partial charge in [0.05, 0.1) is 5.52 Å². The quantitative estimate of drug-likeness (QED) is 0.571. The van der Waals surface area contributed by atoms with Crippen LogP contribution in [0.15, 0.2) is 53.3 Å². The van der Waals surface area contributed by atoms with E-state index in [0.717, 1.165) is 33.4 Å². The molecule has 6 heteroatoms. The van der Waals surface area contributed by atoms with E-state index < -0.39 is 6.04 Å². The number of rotatable bonds is 4. The third-order valence-corrected chi connectivity index (χ3v) is 5.40. The molecule has 4 aromatic rings. The van der Waals surface area contributed by atoms with Crippen LogP contribution in [0.25, 0.3) is 16.6 Å². The van der Waals surface area contributed by atoms with Gasteiger partial charge in [0.25, 0.3) is 5.56 Å². The molecule has 0 aliphatic rings. The van der Waals surface area contributed by atoms with Crippen LogP contribution in [0.2, 0.25) is 0 Å². The van der Waals surface area contributed by atoms with E-state index in [1.54, 1.807) is 0 Å². The number of hydrogen-bond acceptors (Lipinski definition) is 3. The standard InChI is InChI=1S/C23H24N4O2/c1-5-18(23(29)25-21-14(2)9-8-10-15(21)3)27-19-12-7-6-11-17(19)22-24-20(28)13-16(4)26(22)27/h6-13,18H,5H2,1-4H3,(H,25,29). The summed E-state index contributed by atoms with van der Waals surface area (Å²) in [5, 5.41) is 3.98. The van der Waals surface area contributed by atoms with Gasteiger partial charge in [-0.05, 0) is 50.5 Å². The molecule has 1 amide bonds. The van der Waals surface area contributed by atoms with E-state index >= 15 is 0 Å². The Morgan fingerprint density at radius 1 is 1.07 bits per heavy atom. The molecule has 0 radical (unpaired) electrons. The molecular weight excluding hydrogens is 364 g/mol. The summed E-state index contributed by atoms with van der Waals surface area (Å²) in [5.74, 6) is -0.0920. The number of fused-ring (bicyclic) bond motifs is 3. The minimum absolute atomic E-state index is 0.0920. The zero-order chi connectivity index (χ0) is 20.7. The highest BCUT2D eigenvalue weighted by atomic mass is 16.2. The summed E-state index contributed by atoms with van der Waals surface area (Å²) in [7, 11) is 0. The van der Waals surface area contributed by atoms with Crippen LogP contribution in [0.5, 0.6) is 0 Å². The van der Waals surface area contributed by atoms with Gasteiger partial charge in [-0.2, -0.15) is 4.98 Å². The molecule has 1 unspecified atom stereocenters. The van der Waals surface area contributed by atoms with Crippen LogP contribution < -0.4 is 10.9 Å². The topological polar surface area (TPSA) is 68.4 Å². The molecule has 29 heavy (non-hydrogen) atoms. The number of hydrogen-bond donors (Lipinski definition) is 1. The molecule has 0 fully saturated rings. The maximum absolute atomic E-state index is 13.4. The Hall–Kier alpha value is -3.41. The molecule has 0 saturated heterocycles. The van der Waals surface area contributed by atoms with Crippen LogP contribution >= 0.6 is 0 Å². The van der Waals surface area contributed by atoms with E-state index in [-0.39, 0.29) is 11.5 Å². The molecule has 0 spiro atoms. The maximum atomic E-state index is 13.4. The van der Waals surface area contributed by atoms with Gasteiger partial charge >= 0.3 is 0 Å². The fraction of sp³-hybridized carbons (Fsp3) is 0.261. The van der Waals surface area contributed by atoms with Crippen molar-refractivity contribution in [1.82, 2.24) is 14.2 Å². The lowest BCUT2D eigenvalue weighted by Crippen LogP contribution is -2.29. The lowest BCUT2D eigenvalue weighted by molar-refractivity contribution is -0.119. The predicted molar refractivity (Wildman–Crippen MR) is 116 cm³/mol. The van der Waals surface area contributed by atoms with Gasteiger partial charge in [-0.1, -0.05) is 37.3 Å². The summed E-state index contributed by atoms with van der Waals surface area (Å²) < 4.78 is 3.83. The molecule has 2 aromatic heterocycles. The second-order valence-electron chi connectivity index (χ2n) is 7.41. The zero-order valence-corrected chi connectivity index (χ0v) is 17.1. The number of nitrogens with one attached hydrogen (secondary N) is 1. The largest absolute Gasteiger partial charge is 0.324 e. The predicted octanol–water partition coefficient (Wildman–Crippen LogP) is 4.16. The zero-order valence-electron chi connectivity index (χ0n) is 17.1. The van der Waals surface area contributed by atoms with Crippen LogP contribution in [0, 0.1) is 20.8 Å². The minimum Gasteiger partial charge on any atom is -0.324 e. The number of carbonyl (C=O) groups excluding carboxylic acids is 1. The normalized spacial score (nSPS) is 12.4. The van der Waals surface area contributed by atoms with Gasteiger partial charge in [-0.3, -0.25) is 14.3 Å². The first-order chi connectivity index (χ1) is 13.9. The number of carbonyl (C=O) groups is 1. The average molecular weight is 388 g/mol. The second-order valence-corrected chi connectivity index (χ2v) is 7.41. The van der Waals surface area contributed by atoms with E-state index in [4.69, 9.17) is 0 Å². The molecule has 4 rings (SSSR count). The Labute approximate surface area is 168 Å². The van der Waals surface area contributed by atoms with Crippen LogP contribution in [0.3, 0.4) is 0 Å². The van der Waals surface area contributed by atoms with Crippen molar-refractivity contribution in [3.05, 3.63) is 75.7 Å². The third kappa shape index (κ3) is 3.10. The van der Waals surface area contributed by atoms with Crippen molar-refractivity contribution in [2.45, 2.75) is 40.2 Å². The summed E-state index contributed by atoms with van der Waals surface area (Å²) in [6.45, 7) is 7.83. The first kappa shape index (κ1) is 18.9. The van der Waals surface area contributed by atoms with Crippen molar-refractivity contribution in [1.29, 1.82) is 0 Å². The van der Waals surface area contributed by atoms with Gasteiger partial charge in [0.15, 0.2) is 5.65 Å². The molecule has 0 aliphatic heterocycles. The molecule has 2 heterocycles. The Bertz CT molecular complexity index is 1280. The van der Waals surface area contributed by atoms with Crippen LogP contribution in [-0.4, -0.2) is 20.1 Å². The fourth-order valence-electron chi connectivity index (χ4n) is 4.00. The first-order valence-electron chi connectivity index (χ1n) is 9.79. The van der Waals surface area contributed by atoms with E-state index in [1.807, 2.05) is 79.4 Å². The van der Waals surface area contributed by atoms with Gasteiger partial charge in [0.2, 0.25) is 5.91 Å². The van der Waals surface area contributed by atoms with Gasteiger partial charge in [-0.25, -0.2) is 4.52 Å². The molecule has 1 atom stereocenters. The van der Waals surface area contributed by atoms with Gasteiger partial charge in [0, 0.05) is 22.8 Å². The third-order valence-electron chi connectivity index (χ3n) is 5.40. The van der Waals surface area contributed by atoms with E-state index in [0.29, 0.717) is 12.1 Å². The highest BCUT2D eigenvalue weighted by Crippen LogP contribution is 2.28. The lowest BCUT2D eigenvalue weighted by Gasteiger charge is -2.21. The van der Waals surface area contributed by atoms with E-state index in [1.165, 1.54) is 6.07 Å². The number of nitrogens with zero attached hydrogens (tertiary/aromatic N) is 3. The Kier molecular flexibility index (Phi) is 4.70. The van der Waals surface area contributed by atoms with Gasteiger partial charge in [0.1, 0.15) is 6.04 Å². The highest BCUT2D eigenvalue weighted by Gasteiger charge is 2.25. The number of amides is 1. The summed E-state index contributed by atoms with van der Waals surface area (Å²) in [4.78, 5) is 29.6. The molecule has 1 N–H and O–H groups in total. The number of aryl methyl sites for hydroxylation is 3. The van der Waals surface area contributed by atoms with Crippen molar-refractivity contribution < 1.29 is 4.79 Å². The Morgan fingerprint density at radius 2 is 1.76 bits per heavy atom. The van der Waals surface area contributed by atoms with Crippen LogP contribution in [0.1, 0.15) is 36.2 Å². The van der Waals surface area contributed by atoms with Crippen molar-refractivity contribution >= 4 is 28.1 Å². The van der Waals surface area contributed by atoms with E-state index in [2.05, 4.69) is 10.3 Å². The molecule has 148 valence electrons. The first-order valence-corrected chi connectivity index (χ1v) is 9.79. The van der Waals surface area contributed by atoms with Crippen LogP contribution in [0.4, 0.5) is 5.69 Å². The van der Waals surface area contributed by atoms with Crippen molar-refractivity contribution in [3.8, 4) is 0 Å². The van der Waals surface area contributed by atoms with E-state index in [9.17, 15) is 9.59 Å². The summed E-state index contributed by atoms with van der Waals surface area (Å²) >= 11 is 0. The number of benzene rings is 2. The highest BCUT2D eigenvalue weighted by molar-refractivity contribution is 5.98. The Morgan fingerprint density at radius 3 is 2.45 bits per heavy atom. The van der Waals surface area contributed by atoms with Crippen molar-refractivity contribution in [2.24, 2.45) is 0 Å². The summed E-state index contributed by atoms with van der Waals surface area (Å²) in [6.07, 6.45) is 0.593. The van der Waals surface area contributed by atoms with Crippen LogP contribution in [-0.2, 0) is 4.79 Å². The van der Waals surface area contributed by atoms with Crippen molar-refractivity contribution in [3.63, 3.8) is 0 Å². The number of anilines is 1. The number of para-hydroxylation sites is 2. The average Bonchev–Trinajstić information content (AvgIpc) is 3.00. The fourth-order valence-corrected chi connectivity index (χ4v) is 4.00. The minimum atomic E-state index is -0.459. The SMILES string of the molecule is CCC(C(=O)Nc1c(C)cccc1C)n1c2ccccc2c2nc(=O)cc(C)n21. The monoisotopic (exact) mass is 388 g/mol. The summed E-state index contributed by atoms with van der Waals surface area (Å²) in [5.41, 5.74) is 4.81. The lowest BCUT2D eigenvalue weighted by atomic mass is 10.1. The molecule has 2 aromatic carbocycles. The van der Waals surface area contributed by atoms with Gasteiger partial charge < -0.3 is 5.32 Å². The smallest absolute Gasteiger partial charge is 0.273 e. The molecular formula is C23H24N4O2. The molecule has 0 bridgehead atoms. The maximum Gasteiger partial charge on any atom is 0.273 e. The molecule has 0 aliphatic carbocycles. The second kappa shape index (κ2) is 7.20. The molecule has 0 saturated carbocycles. The number of aromatic nitrogens is 3. The molecule has 6 nitrogen and oxygen atoms in total. The van der Waals surface area contributed by atoms with Crippen molar-refractivity contribution in [2.75, 3.05) is 5.32 Å².